The van der Waals surface area contributed by atoms with Gasteiger partial charge in [-0.05, 0) is 65.3 Å². The largest absolute Gasteiger partial charge is 0.0622 e. The smallest absolute Gasteiger partial charge is 0.00201 e. The van der Waals surface area contributed by atoms with Gasteiger partial charge in [-0.1, -0.05) is 121 Å². The van der Waals surface area contributed by atoms with E-state index in [1.807, 2.05) is 0 Å². The van der Waals surface area contributed by atoms with E-state index in [9.17, 15) is 0 Å². The molecule has 0 heteroatoms. The van der Waals surface area contributed by atoms with E-state index in [1.54, 1.807) is 0 Å². The van der Waals surface area contributed by atoms with E-state index < -0.39 is 0 Å². The molecule has 0 bridgehead atoms. The van der Waals surface area contributed by atoms with Gasteiger partial charge >= 0.3 is 0 Å². The van der Waals surface area contributed by atoms with E-state index in [-0.39, 0.29) is 0 Å². The standard InChI is InChI=1S/C32H20/c1-3-9-21(10-4-1)23-17-19-29-28-16-8-14-26-24(22-11-5-2-6-12-22)18-20-30(32(26)28)27-15-7-13-25(23)31(27)29/h1-20H. The monoisotopic (exact) mass is 404 g/mol. The summed E-state index contributed by atoms with van der Waals surface area (Å²) in [4.78, 5) is 0. The van der Waals surface area contributed by atoms with Gasteiger partial charge in [-0.25, -0.2) is 0 Å². The van der Waals surface area contributed by atoms with Gasteiger partial charge < -0.3 is 0 Å². The molecule has 0 aliphatic heterocycles. The maximum atomic E-state index is 2.32. The lowest BCUT2D eigenvalue weighted by Gasteiger charge is -2.18. The van der Waals surface area contributed by atoms with E-state index in [4.69, 9.17) is 0 Å². The molecule has 0 spiro atoms. The summed E-state index contributed by atoms with van der Waals surface area (Å²) in [6, 6.07) is 44.2. The van der Waals surface area contributed by atoms with Crippen molar-refractivity contribution < 1.29 is 0 Å². The lowest BCUT2D eigenvalue weighted by molar-refractivity contribution is 1.66. The predicted molar refractivity (Wildman–Crippen MR) is 139 cm³/mol. The predicted octanol–water partition coefficient (Wildman–Crippen LogP) is 9.07. The van der Waals surface area contributed by atoms with Crippen molar-refractivity contribution in [2.75, 3.05) is 0 Å². The minimum atomic E-state index is 1.26. The van der Waals surface area contributed by atoms with Crippen molar-refractivity contribution in [2.24, 2.45) is 0 Å². The molecule has 0 atom stereocenters. The van der Waals surface area contributed by atoms with E-state index >= 15 is 0 Å². The maximum absolute atomic E-state index is 2.32. The number of fused-ring (bicyclic) bond motifs is 2. The third kappa shape index (κ3) is 2.38. The minimum absolute atomic E-state index is 1.26. The van der Waals surface area contributed by atoms with Crippen LogP contribution in [0.5, 0.6) is 0 Å². The molecule has 0 aliphatic carbocycles. The zero-order valence-electron chi connectivity index (χ0n) is 17.5. The first-order chi connectivity index (χ1) is 15.9. The number of hydrogen-bond donors (Lipinski definition) is 0. The van der Waals surface area contributed by atoms with Crippen LogP contribution in [0.25, 0.3) is 65.3 Å². The molecular formula is C32H20. The van der Waals surface area contributed by atoms with Crippen molar-refractivity contribution >= 4 is 43.1 Å². The number of rotatable bonds is 2. The Labute approximate surface area is 186 Å². The number of benzene rings is 7. The van der Waals surface area contributed by atoms with Crippen molar-refractivity contribution in [1.29, 1.82) is 0 Å². The molecular weight excluding hydrogens is 384 g/mol. The summed E-state index contributed by atoms with van der Waals surface area (Å²) in [5, 5.41) is 10.7. The van der Waals surface area contributed by atoms with Crippen LogP contribution >= 0.6 is 0 Å². The lowest BCUT2D eigenvalue weighted by Crippen LogP contribution is -1.90. The molecule has 0 radical (unpaired) electrons. The Hall–Kier alpha value is -4.16. The molecule has 148 valence electrons. The summed E-state index contributed by atoms with van der Waals surface area (Å²) < 4.78 is 0. The van der Waals surface area contributed by atoms with Crippen molar-refractivity contribution in [2.45, 2.75) is 0 Å². The molecule has 7 aromatic carbocycles. The van der Waals surface area contributed by atoms with Gasteiger partial charge in [0.1, 0.15) is 0 Å². The average molecular weight is 405 g/mol. The molecule has 32 heavy (non-hydrogen) atoms. The van der Waals surface area contributed by atoms with Crippen molar-refractivity contribution in [1.82, 2.24) is 0 Å². The molecule has 0 unspecified atom stereocenters. The van der Waals surface area contributed by atoms with Gasteiger partial charge in [-0.2, -0.15) is 0 Å². The third-order valence-corrected chi connectivity index (χ3v) is 6.83. The van der Waals surface area contributed by atoms with Gasteiger partial charge in [0.25, 0.3) is 0 Å². The van der Waals surface area contributed by atoms with Crippen LogP contribution in [0.3, 0.4) is 0 Å². The zero-order valence-corrected chi connectivity index (χ0v) is 17.5. The van der Waals surface area contributed by atoms with Crippen LogP contribution in [0.1, 0.15) is 0 Å². The Morgan fingerprint density at radius 1 is 0.250 bits per heavy atom. The van der Waals surface area contributed by atoms with Crippen LogP contribution in [0, 0.1) is 0 Å². The van der Waals surface area contributed by atoms with E-state index in [2.05, 4.69) is 121 Å². The fourth-order valence-electron chi connectivity index (χ4n) is 5.45. The Morgan fingerprint density at radius 2 is 0.625 bits per heavy atom. The molecule has 7 aromatic rings. The average Bonchev–Trinajstić information content (AvgIpc) is 2.87. The second-order valence-electron chi connectivity index (χ2n) is 8.51. The molecule has 0 N–H and O–H groups in total. The first-order valence-corrected chi connectivity index (χ1v) is 11.1. The Kier molecular flexibility index (Phi) is 3.65. The molecule has 0 nitrogen and oxygen atoms in total. The van der Waals surface area contributed by atoms with Gasteiger partial charge in [0.2, 0.25) is 0 Å². The molecule has 0 amide bonds. The van der Waals surface area contributed by atoms with Crippen LogP contribution in [-0.2, 0) is 0 Å². The van der Waals surface area contributed by atoms with Gasteiger partial charge in [-0.3, -0.25) is 0 Å². The van der Waals surface area contributed by atoms with E-state index in [0.29, 0.717) is 0 Å². The third-order valence-electron chi connectivity index (χ3n) is 6.83. The van der Waals surface area contributed by atoms with Crippen LogP contribution in [0.2, 0.25) is 0 Å². The van der Waals surface area contributed by atoms with E-state index in [0.717, 1.165) is 0 Å². The fourth-order valence-corrected chi connectivity index (χ4v) is 5.45. The summed E-state index contributed by atoms with van der Waals surface area (Å²) in [7, 11) is 0. The molecule has 0 fully saturated rings. The molecule has 0 saturated heterocycles. The minimum Gasteiger partial charge on any atom is -0.0622 e. The Balaban J connectivity index is 1.66. The van der Waals surface area contributed by atoms with Crippen LogP contribution in [-0.4, -0.2) is 0 Å². The summed E-state index contributed by atoms with van der Waals surface area (Å²) in [6.07, 6.45) is 0. The summed E-state index contributed by atoms with van der Waals surface area (Å²) in [5.74, 6) is 0. The highest BCUT2D eigenvalue weighted by molar-refractivity contribution is 6.35. The van der Waals surface area contributed by atoms with Gasteiger partial charge in [0.05, 0.1) is 0 Å². The molecule has 0 aromatic heterocycles. The van der Waals surface area contributed by atoms with Gasteiger partial charge in [0.15, 0.2) is 0 Å². The van der Waals surface area contributed by atoms with Crippen LogP contribution in [0.15, 0.2) is 121 Å². The number of hydrogen-bond acceptors (Lipinski definition) is 0. The highest BCUT2D eigenvalue weighted by Crippen LogP contribution is 2.44. The SMILES string of the molecule is c1ccc(-c2ccc3c4cccc5c(-c6ccccc6)ccc(c6cccc2c63)c54)cc1. The second-order valence-corrected chi connectivity index (χ2v) is 8.51. The fraction of sp³-hybridized carbons (Fsp3) is 0. The highest BCUT2D eigenvalue weighted by atomic mass is 14.2. The Morgan fingerprint density at radius 3 is 1.06 bits per heavy atom. The molecule has 0 aliphatic rings. The van der Waals surface area contributed by atoms with Crippen molar-refractivity contribution in [3.8, 4) is 22.3 Å². The van der Waals surface area contributed by atoms with Gasteiger partial charge in [0, 0.05) is 0 Å². The highest BCUT2D eigenvalue weighted by Gasteiger charge is 2.16. The summed E-state index contributed by atoms with van der Waals surface area (Å²) in [5.41, 5.74) is 5.12. The summed E-state index contributed by atoms with van der Waals surface area (Å²) in [6.45, 7) is 0. The van der Waals surface area contributed by atoms with E-state index in [1.165, 1.54) is 65.3 Å². The Bertz CT molecular complexity index is 1590. The second kappa shape index (κ2) is 6.67. The maximum Gasteiger partial charge on any atom is -0.00201 e. The molecule has 7 rings (SSSR count). The normalized spacial score (nSPS) is 11.8. The lowest BCUT2D eigenvalue weighted by atomic mass is 9.85. The zero-order chi connectivity index (χ0) is 21.1. The van der Waals surface area contributed by atoms with Crippen LogP contribution < -0.4 is 0 Å². The molecule has 0 heterocycles. The van der Waals surface area contributed by atoms with Crippen LogP contribution in [0.4, 0.5) is 0 Å². The van der Waals surface area contributed by atoms with Crippen molar-refractivity contribution in [3.05, 3.63) is 121 Å². The van der Waals surface area contributed by atoms with Crippen molar-refractivity contribution in [3.63, 3.8) is 0 Å². The quantitative estimate of drug-likeness (QED) is 0.199. The first kappa shape index (κ1) is 17.5. The first-order valence-electron chi connectivity index (χ1n) is 11.1. The topological polar surface area (TPSA) is 0 Å². The van der Waals surface area contributed by atoms with Gasteiger partial charge in [-0.15, -0.1) is 0 Å². The molecule has 0 saturated carbocycles. The summed E-state index contributed by atoms with van der Waals surface area (Å²) >= 11 is 0.